The van der Waals surface area contributed by atoms with Gasteiger partial charge in [0, 0.05) is 11.0 Å². The molecule has 1 aromatic carbocycles. The number of benzene rings is 1. The number of carbonyl (C=O) groups is 1. The average molecular weight is 225 g/mol. The summed E-state index contributed by atoms with van der Waals surface area (Å²) < 4.78 is 25.7. The van der Waals surface area contributed by atoms with Crippen molar-refractivity contribution in [3.63, 3.8) is 0 Å². The Kier molecular flexibility index (Phi) is 4.20. The highest BCUT2D eigenvalue weighted by Gasteiger charge is 1.95. The topological polar surface area (TPSA) is 66.4 Å². The van der Waals surface area contributed by atoms with E-state index in [9.17, 15) is 13.6 Å². The predicted octanol–water partition coefficient (Wildman–Crippen LogP) is 1.11. The molecule has 0 heterocycles. The van der Waals surface area contributed by atoms with E-state index >= 15 is 0 Å². The second kappa shape index (κ2) is 5.43. The molecule has 1 unspecified atom stereocenters. The molecular formula is C10H9O4S-. The van der Waals surface area contributed by atoms with Crippen LogP contribution in [-0.2, 0) is 20.6 Å². The number of rotatable bonds is 3. The van der Waals surface area contributed by atoms with Crippen LogP contribution in [0.1, 0.15) is 5.56 Å². The third-order valence-corrected chi connectivity index (χ3v) is 2.30. The largest absolute Gasteiger partial charge is 0.768 e. The number of hydrogen-bond acceptors (Lipinski definition) is 4. The summed E-state index contributed by atoms with van der Waals surface area (Å²) in [6.07, 6.45) is 2.72. The Bertz CT molecular complexity index is 412. The number of methoxy groups -OCH3 is 1. The molecule has 1 rings (SSSR count). The Morgan fingerprint density at radius 2 is 2.27 bits per heavy atom. The lowest BCUT2D eigenvalue weighted by Crippen LogP contribution is -1.93. The second-order valence-corrected chi connectivity index (χ2v) is 3.60. The van der Waals surface area contributed by atoms with Crippen LogP contribution in [0.5, 0.6) is 0 Å². The van der Waals surface area contributed by atoms with Crippen LogP contribution in [0.2, 0.25) is 0 Å². The van der Waals surface area contributed by atoms with Crippen LogP contribution in [0, 0.1) is 0 Å². The molecule has 0 bridgehead atoms. The molecule has 15 heavy (non-hydrogen) atoms. The van der Waals surface area contributed by atoms with Crippen LogP contribution < -0.4 is 0 Å². The van der Waals surface area contributed by atoms with Gasteiger partial charge in [0.25, 0.3) is 0 Å². The monoisotopic (exact) mass is 225 g/mol. The lowest BCUT2D eigenvalue weighted by Gasteiger charge is -2.04. The van der Waals surface area contributed by atoms with E-state index in [0.29, 0.717) is 5.56 Å². The van der Waals surface area contributed by atoms with Crippen LogP contribution in [-0.4, -0.2) is 21.8 Å². The number of esters is 1. The van der Waals surface area contributed by atoms with Gasteiger partial charge in [-0.2, -0.15) is 0 Å². The Morgan fingerprint density at radius 1 is 1.53 bits per heavy atom. The quantitative estimate of drug-likeness (QED) is 0.439. The molecule has 0 spiro atoms. The fourth-order valence-corrected chi connectivity index (χ4v) is 1.38. The second-order valence-electron chi connectivity index (χ2n) is 2.66. The molecule has 1 aromatic rings. The molecule has 80 valence electrons. The molecular weight excluding hydrogens is 216 g/mol. The van der Waals surface area contributed by atoms with Crippen molar-refractivity contribution in [3.8, 4) is 0 Å². The Balaban J connectivity index is 2.87. The van der Waals surface area contributed by atoms with E-state index in [0.717, 1.165) is 0 Å². The van der Waals surface area contributed by atoms with Gasteiger partial charge in [-0.3, -0.25) is 4.21 Å². The molecule has 0 aliphatic carbocycles. The van der Waals surface area contributed by atoms with Gasteiger partial charge in [-0.05, 0) is 34.9 Å². The molecule has 1 atom stereocenters. The molecule has 0 saturated carbocycles. The SMILES string of the molecule is COC(=O)/C=C/c1cccc(S(=O)[O-])c1. The molecule has 0 aliphatic heterocycles. The normalized spacial score (nSPS) is 12.7. The third kappa shape index (κ3) is 3.65. The standard InChI is InChI=1S/C10H10O4S/c1-14-10(11)6-5-8-3-2-4-9(7-8)15(12)13/h2-7H,1H3,(H,12,13)/p-1/b6-5+. The van der Waals surface area contributed by atoms with Crippen LogP contribution >= 0.6 is 0 Å². The summed E-state index contributed by atoms with van der Waals surface area (Å²) >= 11 is -2.26. The summed E-state index contributed by atoms with van der Waals surface area (Å²) in [6.45, 7) is 0. The summed E-state index contributed by atoms with van der Waals surface area (Å²) in [7, 11) is 1.27. The smallest absolute Gasteiger partial charge is 0.330 e. The highest BCUT2D eigenvalue weighted by Crippen LogP contribution is 2.09. The van der Waals surface area contributed by atoms with Gasteiger partial charge in [-0.25, -0.2) is 4.79 Å². The predicted molar refractivity (Wildman–Crippen MR) is 54.7 cm³/mol. The minimum atomic E-state index is -2.26. The van der Waals surface area contributed by atoms with Gasteiger partial charge < -0.3 is 9.29 Å². The third-order valence-electron chi connectivity index (χ3n) is 1.66. The molecule has 0 radical (unpaired) electrons. The lowest BCUT2D eigenvalue weighted by molar-refractivity contribution is -0.134. The highest BCUT2D eigenvalue weighted by molar-refractivity contribution is 7.79. The minimum absolute atomic E-state index is 0.182. The fraction of sp³-hybridized carbons (Fsp3) is 0.100. The fourth-order valence-electron chi connectivity index (χ4n) is 0.954. The average Bonchev–Trinajstić information content (AvgIpc) is 2.26. The maximum Gasteiger partial charge on any atom is 0.330 e. The minimum Gasteiger partial charge on any atom is -0.768 e. The van der Waals surface area contributed by atoms with E-state index in [2.05, 4.69) is 4.74 Å². The van der Waals surface area contributed by atoms with Crippen molar-refractivity contribution in [2.45, 2.75) is 4.90 Å². The lowest BCUT2D eigenvalue weighted by atomic mass is 10.2. The molecule has 5 heteroatoms. The van der Waals surface area contributed by atoms with Gasteiger partial charge in [-0.15, -0.1) is 0 Å². The van der Waals surface area contributed by atoms with Crippen molar-refractivity contribution in [3.05, 3.63) is 35.9 Å². The van der Waals surface area contributed by atoms with Gasteiger partial charge in [-0.1, -0.05) is 12.1 Å². The first kappa shape index (κ1) is 11.6. The zero-order valence-corrected chi connectivity index (χ0v) is 8.82. The molecule has 4 nitrogen and oxygen atoms in total. The van der Waals surface area contributed by atoms with Crippen molar-refractivity contribution in [1.82, 2.24) is 0 Å². The van der Waals surface area contributed by atoms with Crippen LogP contribution in [0.3, 0.4) is 0 Å². The van der Waals surface area contributed by atoms with Crippen molar-refractivity contribution in [2.75, 3.05) is 7.11 Å². The van der Waals surface area contributed by atoms with Gasteiger partial charge in [0.2, 0.25) is 0 Å². The molecule has 0 fully saturated rings. The summed E-state index contributed by atoms with van der Waals surface area (Å²) in [5.41, 5.74) is 0.627. The van der Waals surface area contributed by atoms with Crippen LogP contribution in [0.15, 0.2) is 35.2 Å². The molecule has 0 aliphatic rings. The highest BCUT2D eigenvalue weighted by atomic mass is 32.2. The maximum atomic E-state index is 10.8. The van der Waals surface area contributed by atoms with Gasteiger partial charge in [0.1, 0.15) is 0 Å². The van der Waals surface area contributed by atoms with Gasteiger partial charge >= 0.3 is 5.97 Å². The zero-order valence-electron chi connectivity index (χ0n) is 8.01. The summed E-state index contributed by atoms with van der Waals surface area (Å²) in [4.78, 5) is 11.0. The van der Waals surface area contributed by atoms with E-state index in [-0.39, 0.29) is 4.90 Å². The zero-order chi connectivity index (χ0) is 11.3. The first-order chi connectivity index (χ1) is 7.13. The first-order valence-corrected chi connectivity index (χ1v) is 5.16. The van der Waals surface area contributed by atoms with Crippen molar-refractivity contribution >= 4 is 23.1 Å². The molecule has 0 N–H and O–H groups in total. The van der Waals surface area contributed by atoms with E-state index in [4.69, 9.17) is 0 Å². The van der Waals surface area contributed by atoms with Gasteiger partial charge in [0.15, 0.2) is 0 Å². The molecule has 0 aromatic heterocycles. The summed E-state index contributed by atoms with van der Waals surface area (Å²) in [5, 5.41) is 0. The molecule has 0 amide bonds. The first-order valence-electron chi connectivity index (χ1n) is 4.09. The van der Waals surface area contributed by atoms with E-state index < -0.39 is 17.0 Å². The molecule has 0 saturated heterocycles. The van der Waals surface area contributed by atoms with Crippen molar-refractivity contribution in [1.29, 1.82) is 0 Å². The Morgan fingerprint density at radius 3 is 2.87 bits per heavy atom. The van der Waals surface area contributed by atoms with Crippen LogP contribution in [0.25, 0.3) is 6.08 Å². The summed E-state index contributed by atoms with van der Waals surface area (Å²) in [5.74, 6) is -0.483. The van der Waals surface area contributed by atoms with E-state index in [1.807, 2.05) is 0 Å². The number of hydrogen-bond donors (Lipinski definition) is 0. The maximum absolute atomic E-state index is 10.8. The van der Waals surface area contributed by atoms with Crippen molar-refractivity contribution < 1.29 is 18.3 Å². The Hall–Kier alpha value is -1.46. The van der Waals surface area contributed by atoms with Gasteiger partial charge in [0.05, 0.1) is 7.11 Å². The Labute approximate surface area is 89.9 Å². The van der Waals surface area contributed by atoms with Crippen molar-refractivity contribution in [2.24, 2.45) is 0 Å². The van der Waals surface area contributed by atoms with E-state index in [1.165, 1.54) is 31.4 Å². The number of ether oxygens (including phenoxy) is 1. The summed E-state index contributed by atoms with van der Waals surface area (Å²) in [6, 6.07) is 6.22. The van der Waals surface area contributed by atoms with E-state index in [1.54, 1.807) is 12.1 Å². The van der Waals surface area contributed by atoms with Crippen LogP contribution in [0.4, 0.5) is 0 Å². The number of carbonyl (C=O) groups excluding carboxylic acids is 1.